The van der Waals surface area contributed by atoms with Crippen molar-refractivity contribution in [3.05, 3.63) is 160 Å². The third kappa shape index (κ3) is 12.5. The molecule has 2 aliphatic heterocycles. The summed E-state index contributed by atoms with van der Waals surface area (Å²) in [6.07, 6.45) is 10.7. The number of aliphatic hydroxyl groups excluding tert-OH is 1. The highest BCUT2D eigenvalue weighted by atomic mass is 35.5. The van der Waals surface area contributed by atoms with Gasteiger partial charge in [0.15, 0.2) is 22.7 Å². The highest BCUT2D eigenvalue weighted by molar-refractivity contribution is 6.28. The van der Waals surface area contributed by atoms with Crippen LogP contribution in [-0.4, -0.2) is 99.8 Å². The Labute approximate surface area is 420 Å². The number of halogens is 1. The zero-order valence-electron chi connectivity index (χ0n) is 40.0. The summed E-state index contributed by atoms with van der Waals surface area (Å²) in [4.78, 5) is 58.9. The van der Waals surface area contributed by atoms with Crippen molar-refractivity contribution < 1.29 is 19.4 Å². The summed E-state index contributed by atoms with van der Waals surface area (Å²) in [5.41, 5.74) is 13.3. The summed E-state index contributed by atoms with van der Waals surface area (Å²) in [7, 11) is 1.55. The number of carbonyl (C=O) groups is 2. The first kappa shape index (κ1) is 51.6. The number of pyridine rings is 2. The predicted octanol–water partition coefficient (Wildman–Crippen LogP) is 7.65. The number of methoxy groups -OCH3 is 1. The van der Waals surface area contributed by atoms with Crippen LogP contribution in [0.25, 0.3) is 31.8 Å². The van der Waals surface area contributed by atoms with Crippen LogP contribution in [0.5, 0.6) is 0 Å². The Bertz CT molecular complexity index is 3220. The molecule has 2 aliphatic rings. The molecule has 2 unspecified atom stereocenters. The average molecular weight is 990 g/mol. The van der Waals surface area contributed by atoms with E-state index in [2.05, 4.69) is 79.3 Å². The maximum absolute atomic E-state index is 13.0. The van der Waals surface area contributed by atoms with Gasteiger partial charge < -0.3 is 31.5 Å². The molecule has 20 nitrogen and oxygen atoms in total. The number of hydrogen-bond acceptors (Lipinski definition) is 14. The Morgan fingerprint density at radius 2 is 1.28 bits per heavy atom. The van der Waals surface area contributed by atoms with Crippen LogP contribution < -0.4 is 21.7 Å². The van der Waals surface area contributed by atoms with Gasteiger partial charge in [0, 0.05) is 87.1 Å². The fourth-order valence-corrected chi connectivity index (χ4v) is 8.11. The molecule has 368 valence electrons. The first-order valence-electron chi connectivity index (χ1n) is 23.2. The van der Waals surface area contributed by atoms with Gasteiger partial charge in [-0.25, -0.2) is 19.7 Å². The molecule has 6 aromatic heterocycles. The number of aryl methyl sites for hydroxylation is 2. The number of nitrogens with zero attached hydrogens (tertiary/aromatic N) is 12. The third-order valence-corrected chi connectivity index (χ3v) is 11.3. The van der Waals surface area contributed by atoms with Gasteiger partial charge in [-0.3, -0.25) is 28.9 Å². The number of nitrogens with two attached hydrogens (primary N) is 1. The highest BCUT2D eigenvalue weighted by Crippen LogP contribution is 2.42. The first-order chi connectivity index (χ1) is 35.1. The molecule has 6 N–H and O–H groups in total. The van der Waals surface area contributed by atoms with Gasteiger partial charge >= 0.3 is 0 Å². The molecule has 2 aromatic carbocycles. The third-order valence-electron chi connectivity index (χ3n) is 11.1. The number of carbonyl (C=O) groups excluding carboxylic acids is 2. The van der Waals surface area contributed by atoms with E-state index in [0.29, 0.717) is 82.9 Å². The number of nitrogens with one attached hydrogen (secondary N) is 3. The second kappa shape index (κ2) is 25.0. The number of benzene rings is 2. The molecule has 2 atom stereocenters. The Balaban J connectivity index is 0.000000170. The average Bonchev–Trinajstić information content (AvgIpc) is 4.16. The molecule has 0 fully saturated rings. The van der Waals surface area contributed by atoms with E-state index in [4.69, 9.17) is 40.6 Å². The van der Waals surface area contributed by atoms with E-state index in [1.165, 1.54) is 0 Å². The summed E-state index contributed by atoms with van der Waals surface area (Å²) in [5, 5.41) is 27.5. The molecule has 0 radical (unpaired) electrons. The minimum Gasteiger partial charge on any atom is -0.394 e. The van der Waals surface area contributed by atoms with Gasteiger partial charge in [-0.2, -0.15) is 20.2 Å². The summed E-state index contributed by atoms with van der Waals surface area (Å²) < 4.78 is 8.06. The summed E-state index contributed by atoms with van der Waals surface area (Å²) in [5.74, 6) is -1.23. The zero-order chi connectivity index (χ0) is 51.0. The van der Waals surface area contributed by atoms with Gasteiger partial charge in [0.05, 0.1) is 48.5 Å². The Morgan fingerprint density at radius 3 is 1.74 bits per heavy atom. The Hall–Kier alpha value is -8.27. The number of ether oxygens (including phenoxy) is 1. The monoisotopic (exact) mass is 988 g/mol. The Morgan fingerprint density at radius 1 is 0.750 bits per heavy atom. The molecule has 0 aliphatic carbocycles. The van der Waals surface area contributed by atoms with Crippen molar-refractivity contribution in [1.29, 1.82) is 0 Å². The molecule has 8 heterocycles. The lowest BCUT2D eigenvalue weighted by Crippen LogP contribution is -2.17. The van der Waals surface area contributed by atoms with Crippen molar-refractivity contribution >= 4 is 74.2 Å². The van der Waals surface area contributed by atoms with E-state index in [1.54, 1.807) is 60.6 Å². The molecule has 0 bridgehead atoms. The number of rotatable bonds is 14. The van der Waals surface area contributed by atoms with E-state index >= 15 is 0 Å². The molecule has 8 aromatic rings. The van der Waals surface area contributed by atoms with E-state index in [9.17, 15) is 9.59 Å². The number of hydrogen-bond donors (Lipinski definition) is 5. The van der Waals surface area contributed by atoms with Crippen molar-refractivity contribution in [2.45, 2.75) is 64.5 Å². The number of amides is 2. The van der Waals surface area contributed by atoms with Crippen molar-refractivity contribution in [3.63, 3.8) is 0 Å². The molecule has 0 spiro atoms. The van der Waals surface area contributed by atoms with Crippen LogP contribution in [0.1, 0.15) is 72.4 Å². The minimum atomic E-state index is -0.640. The fourth-order valence-electron chi connectivity index (χ4n) is 7.94. The summed E-state index contributed by atoms with van der Waals surface area (Å²) in [6.45, 7) is 22.0. The summed E-state index contributed by atoms with van der Waals surface area (Å²) in [6, 6.07) is 22.0. The molecule has 72 heavy (non-hydrogen) atoms. The minimum absolute atomic E-state index is 0.0480. The van der Waals surface area contributed by atoms with Crippen molar-refractivity contribution in [2.24, 2.45) is 5.73 Å². The lowest BCUT2D eigenvalue weighted by molar-refractivity contribution is -0.117. The van der Waals surface area contributed by atoms with Crippen molar-refractivity contribution in [3.8, 4) is 0 Å². The topological polar surface area (TPSA) is 247 Å². The zero-order valence-corrected chi connectivity index (χ0v) is 40.7. The molecule has 10 rings (SSSR count). The van der Waals surface area contributed by atoms with Crippen LogP contribution in [0.2, 0.25) is 5.28 Å². The van der Waals surface area contributed by atoms with E-state index in [0.717, 1.165) is 60.3 Å². The normalized spacial score (nSPS) is 14.0. The van der Waals surface area contributed by atoms with E-state index < -0.39 is 11.8 Å². The lowest BCUT2D eigenvalue weighted by Gasteiger charge is -2.12. The van der Waals surface area contributed by atoms with Crippen LogP contribution >= 0.6 is 11.6 Å². The summed E-state index contributed by atoms with van der Waals surface area (Å²) >= 11 is 6.07. The Kier molecular flexibility index (Phi) is 17.9. The van der Waals surface area contributed by atoms with Crippen LogP contribution in [0, 0.1) is 13.1 Å². The van der Waals surface area contributed by atoms with Crippen LogP contribution in [0.15, 0.2) is 97.6 Å². The molecule has 0 saturated carbocycles. The van der Waals surface area contributed by atoms with E-state index in [1.807, 2.05) is 53.5 Å². The smallest absolute Gasteiger partial charge is 0.238 e. The number of aliphatic hydroxyl groups is 1. The number of fused-ring (bicyclic) bond motifs is 4. The maximum Gasteiger partial charge on any atom is 0.238 e. The van der Waals surface area contributed by atoms with Crippen LogP contribution in [0.4, 0.5) is 28.7 Å². The standard InChI is InChI=1S/C24H22N8O.C17H13ClN6O.C7H10N2.C3H8O2/c1-3-12-32-14-18-21(20-17-13-16(25-2)7-8-19(17)28-23(20)33)29-24(30-22(18)31-32)27-11-9-15-6-4-5-10-26-15;1-3-6-24-8-11-14(21-17(18)22-15(11)23-24)13-10-7-9(19-2)4-5-12(10)20-16(13)25;8-5-4-7-3-1-2-6-9-7;1-5-3-2-4/h4-8,10,13-14,20H,3,9,11-12H2,1H3,(H,28,33)(H,27,30,31);4-5,7-8,13H,3,6H2,1H3,(H,20,25);1-3,6H,4-5,8H2;4H,2-3H2,1H3. The molecule has 0 saturated heterocycles. The van der Waals surface area contributed by atoms with Gasteiger partial charge in [-0.05, 0) is 78.5 Å². The van der Waals surface area contributed by atoms with E-state index in [-0.39, 0.29) is 23.7 Å². The maximum atomic E-state index is 13.0. The van der Waals surface area contributed by atoms with Gasteiger partial charge in [0.25, 0.3) is 0 Å². The highest BCUT2D eigenvalue weighted by Gasteiger charge is 2.37. The van der Waals surface area contributed by atoms with Crippen LogP contribution in [0.3, 0.4) is 0 Å². The van der Waals surface area contributed by atoms with Gasteiger partial charge in [0.2, 0.25) is 23.0 Å². The first-order valence-corrected chi connectivity index (χ1v) is 23.6. The molecular formula is C51H53ClN16O4. The largest absolute Gasteiger partial charge is 0.394 e. The second-order valence-corrected chi connectivity index (χ2v) is 16.6. The van der Waals surface area contributed by atoms with Crippen molar-refractivity contribution in [1.82, 2.24) is 49.5 Å². The number of anilines is 3. The lowest BCUT2D eigenvalue weighted by atomic mass is 9.95. The molecule has 21 heteroatoms. The predicted molar refractivity (Wildman–Crippen MR) is 275 cm³/mol. The SMILES string of the molecule is COCCO.NCCc1ccccn1.[C-]#[N+]c1ccc2c(c1)C(c1nc(Cl)nc3nn(CCC)cc13)C(=O)N2.[C-]#[N+]c1ccc2c(c1)C(c1nc(NCCc3ccccn3)nc3nn(CCC)cc13)C(=O)N2. The van der Waals surface area contributed by atoms with Gasteiger partial charge in [0.1, 0.15) is 11.8 Å². The fraction of sp³-hybridized carbons (Fsp3) is 0.294. The second-order valence-electron chi connectivity index (χ2n) is 16.3. The number of aromatic nitrogens is 10. The van der Waals surface area contributed by atoms with Crippen LogP contribution in [-0.2, 0) is 40.3 Å². The quantitative estimate of drug-likeness (QED) is 0.0519. The molecular weight excluding hydrogens is 936 g/mol. The van der Waals surface area contributed by atoms with Gasteiger partial charge in [-0.15, -0.1) is 0 Å². The molecule has 2 amide bonds. The van der Waals surface area contributed by atoms with Gasteiger partial charge in [-0.1, -0.05) is 50.2 Å². The van der Waals surface area contributed by atoms with Crippen molar-refractivity contribution in [2.75, 3.05) is 49.4 Å².